The first-order valence-electron chi connectivity index (χ1n) is 10.9. The summed E-state index contributed by atoms with van der Waals surface area (Å²) in [6.45, 7) is 4.28. The van der Waals surface area contributed by atoms with Crippen LogP contribution < -0.4 is 16.4 Å². The lowest BCUT2D eigenvalue weighted by Crippen LogP contribution is -2.15. The van der Waals surface area contributed by atoms with E-state index in [0.29, 0.717) is 12.2 Å². The first-order valence-corrected chi connectivity index (χ1v) is 10.9. The second kappa shape index (κ2) is 10.6. The standard InChI is InChI=1S/C26H28N6O/c1-18(16-33)29-11-3-4-19-6-9-25-23(13-19)26(31-17-30-25)32-22-8-7-21(24(27)14-22)12-20-5-2-10-28-15-20/h2-10,14-15,17,19,29,33H,1,11-13,16,27H2,(H,30,31,32)/b4-3+. The minimum atomic E-state index is -0.0636. The number of pyridine rings is 1. The predicted octanol–water partition coefficient (Wildman–Crippen LogP) is 3.63. The van der Waals surface area contributed by atoms with Crippen LogP contribution in [0.5, 0.6) is 0 Å². The van der Waals surface area contributed by atoms with Crippen LogP contribution in [0.3, 0.4) is 0 Å². The van der Waals surface area contributed by atoms with Crippen molar-refractivity contribution < 1.29 is 5.11 Å². The van der Waals surface area contributed by atoms with Gasteiger partial charge in [-0.1, -0.05) is 36.9 Å². The number of nitrogens with zero attached hydrogens (tertiary/aromatic N) is 3. The molecular formula is C26H28N6O. The summed E-state index contributed by atoms with van der Waals surface area (Å²) in [6.07, 6.45) is 15.1. The summed E-state index contributed by atoms with van der Waals surface area (Å²) < 4.78 is 0. The molecule has 0 aliphatic heterocycles. The van der Waals surface area contributed by atoms with Crippen molar-refractivity contribution in [2.75, 3.05) is 24.2 Å². The van der Waals surface area contributed by atoms with Gasteiger partial charge in [0, 0.05) is 48.0 Å². The summed E-state index contributed by atoms with van der Waals surface area (Å²) >= 11 is 0. The van der Waals surface area contributed by atoms with Gasteiger partial charge in [0.15, 0.2) is 0 Å². The zero-order chi connectivity index (χ0) is 23.0. The van der Waals surface area contributed by atoms with Crippen molar-refractivity contribution in [2.24, 2.45) is 5.92 Å². The minimum absolute atomic E-state index is 0.0636. The predicted molar refractivity (Wildman–Crippen MR) is 133 cm³/mol. The van der Waals surface area contributed by atoms with Crippen molar-refractivity contribution in [2.45, 2.75) is 12.8 Å². The molecule has 0 radical (unpaired) electrons. The largest absolute Gasteiger partial charge is 0.398 e. The molecular weight excluding hydrogens is 412 g/mol. The third-order valence-electron chi connectivity index (χ3n) is 5.49. The van der Waals surface area contributed by atoms with Gasteiger partial charge < -0.3 is 21.5 Å². The number of nitrogen functional groups attached to an aromatic ring is 1. The molecule has 1 aliphatic carbocycles. The van der Waals surface area contributed by atoms with Gasteiger partial charge in [0.1, 0.15) is 12.1 Å². The van der Waals surface area contributed by atoms with Gasteiger partial charge in [0.25, 0.3) is 0 Å². The molecule has 4 rings (SSSR count). The van der Waals surface area contributed by atoms with Crippen molar-refractivity contribution in [3.05, 3.63) is 102 Å². The Hall–Kier alpha value is -3.97. The zero-order valence-electron chi connectivity index (χ0n) is 18.4. The van der Waals surface area contributed by atoms with Gasteiger partial charge in [-0.15, -0.1) is 0 Å². The molecule has 2 aromatic heterocycles. The molecule has 3 aromatic rings. The number of nitrogens with one attached hydrogen (secondary N) is 2. The first kappa shape index (κ1) is 22.2. The smallest absolute Gasteiger partial charge is 0.137 e. The number of aliphatic hydroxyl groups is 1. The number of rotatable bonds is 9. The van der Waals surface area contributed by atoms with E-state index in [1.165, 1.54) is 0 Å². The molecule has 0 amide bonds. The lowest BCUT2D eigenvalue weighted by molar-refractivity contribution is 0.323. The molecule has 0 fully saturated rings. The lowest BCUT2D eigenvalue weighted by atomic mass is 9.92. The molecule has 1 aliphatic rings. The van der Waals surface area contributed by atoms with E-state index in [4.69, 9.17) is 10.8 Å². The van der Waals surface area contributed by atoms with Crippen molar-refractivity contribution in [3.8, 4) is 0 Å². The highest BCUT2D eigenvalue weighted by Crippen LogP contribution is 2.30. The molecule has 1 unspecified atom stereocenters. The average molecular weight is 441 g/mol. The molecule has 33 heavy (non-hydrogen) atoms. The van der Waals surface area contributed by atoms with Crippen LogP contribution in [0.25, 0.3) is 6.08 Å². The number of benzene rings is 1. The van der Waals surface area contributed by atoms with Crippen LogP contribution in [0.15, 0.2) is 79.6 Å². The fourth-order valence-corrected chi connectivity index (χ4v) is 3.72. The molecule has 0 bridgehead atoms. The third-order valence-corrected chi connectivity index (χ3v) is 5.49. The minimum Gasteiger partial charge on any atom is -0.398 e. The molecule has 5 N–H and O–H groups in total. The van der Waals surface area contributed by atoms with E-state index in [1.54, 1.807) is 12.5 Å². The van der Waals surface area contributed by atoms with Crippen LogP contribution in [-0.2, 0) is 12.8 Å². The summed E-state index contributed by atoms with van der Waals surface area (Å²) in [4.78, 5) is 13.1. The van der Waals surface area contributed by atoms with Crippen LogP contribution >= 0.6 is 0 Å². The fourth-order valence-electron chi connectivity index (χ4n) is 3.72. The van der Waals surface area contributed by atoms with Crippen molar-refractivity contribution in [1.29, 1.82) is 0 Å². The topological polar surface area (TPSA) is 109 Å². The summed E-state index contributed by atoms with van der Waals surface area (Å²) in [7, 11) is 0. The van der Waals surface area contributed by atoms with Crippen LogP contribution in [0.2, 0.25) is 0 Å². The first-order chi connectivity index (χ1) is 16.1. The van der Waals surface area contributed by atoms with Crippen molar-refractivity contribution in [3.63, 3.8) is 0 Å². The molecule has 1 aromatic carbocycles. The van der Waals surface area contributed by atoms with Crippen LogP contribution in [-0.4, -0.2) is 33.2 Å². The summed E-state index contributed by atoms with van der Waals surface area (Å²) in [6, 6.07) is 9.97. The Bertz CT molecular complexity index is 1170. The number of fused-ring (bicyclic) bond motifs is 1. The number of aliphatic hydroxyl groups excluding tert-OH is 1. The lowest BCUT2D eigenvalue weighted by Gasteiger charge is -2.19. The van der Waals surface area contributed by atoms with Gasteiger partial charge in [-0.25, -0.2) is 9.97 Å². The highest BCUT2D eigenvalue weighted by molar-refractivity contribution is 5.69. The van der Waals surface area contributed by atoms with Gasteiger partial charge >= 0.3 is 0 Å². The van der Waals surface area contributed by atoms with Gasteiger partial charge in [-0.2, -0.15) is 0 Å². The van der Waals surface area contributed by atoms with Gasteiger partial charge in [-0.05, 0) is 47.7 Å². The van der Waals surface area contributed by atoms with E-state index in [1.807, 2.05) is 48.7 Å². The average Bonchev–Trinajstić information content (AvgIpc) is 2.84. The monoisotopic (exact) mass is 440 g/mol. The molecule has 0 saturated heterocycles. The molecule has 7 heteroatoms. The Balaban J connectivity index is 1.45. The SMILES string of the molecule is C=C(CO)NC/C=C/C1C=Cc2ncnc(Nc3ccc(Cc4cccnc4)c(N)c3)c2C1. The van der Waals surface area contributed by atoms with Gasteiger partial charge in [-0.3, -0.25) is 4.98 Å². The van der Waals surface area contributed by atoms with E-state index in [2.05, 4.69) is 44.3 Å². The van der Waals surface area contributed by atoms with Crippen molar-refractivity contribution >= 4 is 23.3 Å². The number of aromatic nitrogens is 3. The molecule has 7 nitrogen and oxygen atoms in total. The Labute approximate surface area is 193 Å². The molecule has 168 valence electrons. The van der Waals surface area contributed by atoms with Crippen LogP contribution in [0, 0.1) is 5.92 Å². The van der Waals surface area contributed by atoms with E-state index >= 15 is 0 Å². The number of allylic oxidation sites excluding steroid dienone is 2. The Morgan fingerprint density at radius 2 is 2.18 bits per heavy atom. The Morgan fingerprint density at radius 3 is 2.97 bits per heavy atom. The Morgan fingerprint density at radius 1 is 1.27 bits per heavy atom. The number of nitrogens with two attached hydrogens (primary N) is 1. The van der Waals surface area contributed by atoms with Crippen molar-refractivity contribution in [1.82, 2.24) is 20.3 Å². The van der Waals surface area contributed by atoms with Crippen LogP contribution in [0.1, 0.15) is 22.4 Å². The molecule has 0 saturated carbocycles. The van der Waals surface area contributed by atoms with E-state index in [9.17, 15) is 0 Å². The Kier molecular flexibility index (Phi) is 7.12. The molecule has 2 heterocycles. The summed E-state index contributed by atoms with van der Waals surface area (Å²) in [5, 5.41) is 15.5. The maximum Gasteiger partial charge on any atom is 0.137 e. The quantitative estimate of drug-likeness (QED) is 0.297. The van der Waals surface area contributed by atoms with Crippen LogP contribution in [0.4, 0.5) is 17.2 Å². The highest BCUT2D eigenvalue weighted by atomic mass is 16.3. The van der Waals surface area contributed by atoms with Gasteiger partial charge in [0.2, 0.25) is 0 Å². The van der Waals surface area contributed by atoms with Gasteiger partial charge in [0.05, 0.1) is 12.3 Å². The molecule has 0 spiro atoms. The second-order valence-corrected chi connectivity index (χ2v) is 7.96. The summed E-state index contributed by atoms with van der Waals surface area (Å²) in [5.41, 5.74) is 12.7. The zero-order valence-corrected chi connectivity index (χ0v) is 18.4. The summed E-state index contributed by atoms with van der Waals surface area (Å²) in [5.74, 6) is 1.02. The number of hydrogen-bond acceptors (Lipinski definition) is 7. The number of hydrogen-bond donors (Lipinski definition) is 4. The molecule has 1 atom stereocenters. The maximum absolute atomic E-state index is 9.01. The number of anilines is 3. The normalized spacial score (nSPS) is 14.8. The van der Waals surface area contributed by atoms with E-state index in [0.717, 1.165) is 52.4 Å². The second-order valence-electron chi connectivity index (χ2n) is 7.96. The van der Waals surface area contributed by atoms with E-state index in [-0.39, 0.29) is 12.5 Å². The highest BCUT2D eigenvalue weighted by Gasteiger charge is 2.17. The third kappa shape index (κ3) is 5.84. The fraction of sp³-hybridized carbons (Fsp3) is 0.192. The maximum atomic E-state index is 9.01. The van der Waals surface area contributed by atoms with E-state index < -0.39 is 0 Å².